The number of hydrogen-bond acceptors (Lipinski definition) is 6. The van der Waals surface area contributed by atoms with E-state index in [1.165, 1.54) is 37.5 Å². The highest BCUT2D eigenvalue weighted by molar-refractivity contribution is 7.94. The number of benzene rings is 1. The van der Waals surface area contributed by atoms with Gasteiger partial charge in [0.2, 0.25) is 0 Å². The second kappa shape index (κ2) is 7.74. The highest BCUT2D eigenvalue weighted by Gasteiger charge is 2.54. The van der Waals surface area contributed by atoms with Crippen LogP contribution in [0.5, 0.6) is 0 Å². The number of carbonyl (C=O) groups excluding carboxylic acids is 2. The van der Waals surface area contributed by atoms with Crippen LogP contribution in [-0.2, 0) is 19.6 Å². The van der Waals surface area contributed by atoms with Crippen molar-refractivity contribution in [3.05, 3.63) is 47.3 Å². The first-order chi connectivity index (χ1) is 14.8. The zero-order valence-electron chi connectivity index (χ0n) is 17.1. The van der Waals surface area contributed by atoms with Crippen LogP contribution in [0.25, 0.3) is 0 Å². The first-order valence-corrected chi connectivity index (χ1v) is 13.1. The van der Waals surface area contributed by atoms with Gasteiger partial charge in [-0.3, -0.25) is 9.52 Å². The predicted molar refractivity (Wildman–Crippen MR) is 117 cm³/mol. The average molecular weight is 460 g/mol. The van der Waals surface area contributed by atoms with Crippen molar-refractivity contribution in [2.45, 2.75) is 42.7 Å². The Morgan fingerprint density at radius 2 is 1.65 bits per heavy atom. The number of ketones is 1. The Kier molecular flexibility index (Phi) is 5.17. The van der Waals surface area contributed by atoms with Crippen LogP contribution in [-0.4, -0.2) is 26.8 Å². The number of carbonyl (C=O) groups is 2. The van der Waals surface area contributed by atoms with Gasteiger partial charge in [-0.15, -0.1) is 11.3 Å². The number of Topliss-reactive ketones (excluding diaryl/α,β-unsaturated/α-hetero) is 1. The van der Waals surface area contributed by atoms with Crippen LogP contribution >= 0.6 is 11.3 Å². The van der Waals surface area contributed by atoms with E-state index in [0.29, 0.717) is 17.8 Å². The maximum Gasteiger partial charge on any atom is 0.340 e. The molecule has 4 fully saturated rings. The van der Waals surface area contributed by atoms with Gasteiger partial charge in [-0.2, -0.15) is 0 Å². The van der Waals surface area contributed by atoms with E-state index in [1.807, 2.05) is 0 Å². The Morgan fingerprint density at radius 3 is 2.26 bits per heavy atom. The third-order valence-corrected chi connectivity index (χ3v) is 9.88. The predicted octanol–water partition coefficient (Wildman–Crippen LogP) is 4.49. The number of ether oxygens (including phenoxy) is 1. The maximum atomic E-state index is 13.1. The summed E-state index contributed by atoms with van der Waals surface area (Å²) in [5.41, 5.74) is -0.0842. The van der Waals surface area contributed by atoms with Gasteiger partial charge in [-0.1, -0.05) is 18.2 Å². The van der Waals surface area contributed by atoms with Gasteiger partial charge >= 0.3 is 5.97 Å². The molecule has 0 radical (unpaired) electrons. The number of nitrogens with one attached hydrogen (secondary N) is 1. The standard InChI is InChI=1S/C23H25NO5S2/c25-20(23-11-15-8-16(12-23)10-17(9-15)13-23)14-29-22(26)18-4-1-2-5-19(18)24-31(27,28)21-6-3-7-30-21/h1-7,15-17,24H,8-14H2. The van der Waals surface area contributed by atoms with Gasteiger partial charge < -0.3 is 4.74 Å². The Hall–Kier alpha value is -2.19. The number of thiophene rings is 1. The van der Waals surface area contributed by atoms with Gasteiger partial charge in [0.15, 0.2) is 12.4 Å². The van der Waals surface area contributed by atoms with E-state index in [0.717, 1.165) is 30.6 Å². The van der Waals surface area contributed by atoms with Crippen LogP contribution in [0.3, 0.4) is 0 Å². The lowest BCUT2D eigenvalue weighted by molar-refractivity contribution is -0.147. The van der Waals surface area contributed by atoms with Crippen molar-refractivity contribution in [3.8, 4) is 0 Å². The molecule has 4 saturated carbocycles. The smallest absolute Gasteiger partial charge is 0.340 e. The topological polar surface area (TPSA) is 89.5 Å². The quantitative estimate of drug-likeness (QED) is 0.616. The van der Waals surface area contributed by atoms with Crippen molar-refractivity contribution in [3.63, 3.8) is 0 Å². The van der Waals surface area contributed by atoms with Crippen LogP contribution in [0.2, 0.25) is 0 Å². The first-order valence-electron chi connectivity index (χ1n) is 10.7. The molecule has 1 heterocycles. The van der Waals surface area contributed by atoms with Crippen molar-refractivity contribution in [1.82, 2.24) is 0 Å². The van der Waals surface area contributed by atoms with Crippen LogP contribution < -0.4 is 4.72 Å². The molecule has 164 valence electrons. The maximum absolute atomic E-state index is 13.1. The van der Waals surface area contributed by atoms with Gasteiger partial charge in [0.25, 0.3) is 10.0 Å². The molecule has 0 spiro atoms. The van der Waals surface area contributed by atoms with E-state index < -0.39 is 16.0 Å². The molecule has 4 aliphatic rings. The number of hydrogen-bond donors (Lipinski definition) is 1. The summed E-state index contributed by atoms with van der Waals surface area (Å²) in [7, 11) is -3.79. The second-order valence-electron chi connectivity index (χ2n) is 9.28. The molecule has 6 rings (SSSR count). The molecule has 1 aromatic heterocycles. The van der Waals surface area contributed by atoms with Crippen molar-refractivity contribution < 1.29 is 22.7 Å². The highest BCUT2D eigenvalue weighted by atomic mass is 32.2. The molecule has 8 heteroatoms. The fourth-order valence-corrected chi connectivity index (χ4v) is 8.25. The van der Waals surface area contributed by atoms with E-state index in [-0.39, 0.29) is 33.3 Å². The molecule has 0 aliphatic heterocycles. The number of esters is 1. The average Bonchev–Trinajstić information content (AvgIpc) is 3.27. The van der Waals surface area contributed by atoms with Crippen molar-refractivity contribution >= 4 is 38.8 Å². The third-order valence-electron chi connectivity index (χ3n) is 7.12. The Bertz CT molecular complexity index is 1070. The fraction of sp³-hybridized carbons (Fsp3) is 0.478. The highest BCUT2D eigenvalue weighted by Crippen LogP contribution is 2.60. The van der Waals surface area contributed by atoms with E-state index in [9.17, 15) is 18.0 Å². The largest absolute Gasteiger partial charge is 0.454 e. The van der Waals surface area contributed by atoms with Gasteiger partial charge in [-0.25, -0.2) is 13.2 Å². The van der Waals surface area contributed by atoms with E-state index in [4.69, 9.17) is 4.74 Å². The number of rotatable bonds is 7. The number of sulfonamides is 1. The molecule has 0 saturated heterocycles. The fourth-order valence-electron chi connectivity index (χ4n) is 6.18. The minimum absolute atomic E-state index is 0.0246. The molecule has 1 aromatic carbocycles. The normalized spacial score (nSPS) is 29.0. The molecular formula is C23H25NO5S2. The summed E-state index contributed by atoms with van der Waals surface area (Å²) < 4.78 is 33.1. The van der Waals surface area contributed by atoms with Crippen molar-refractivity contribution in [1.29, 1.82) is 0 Å². The van der Waals surface area contributed by atoms with Gasteiger partial charge in [0, 0.05) is 5.41 Å². The molecule has 6 nitrogen and oxygen atoms in total. The molecule has 4 aliphatic carbocycles. The minimum Gasteiger partial charge on any atom is -0.454 e. The molecule has 0 atom stereocenters. The zero-order valence-corrected chi connectivity index (χ0v) is 18.7. The Morgan fingerprint density at radius 1 is 1.00 bits per heavy atom. The van der Waals surface area contributed by atoms with Crippen LogP contribution in [0.15, 0.2) is 46.0 Å². The summed E-state index contributed by atoms with van der Waals surface area (Å²) in [5.74, 6) is 1.24. The van der Waals surface area contributed by atoms with Crippen molar-refractivity contribution in [2.75, 3.05) is 11.3 Å². The number of anilines is 1. The van der Waals surface area contributed by atoms with Crippen LogP contribution in [0.4, 0.5) is 5.69 Å². The summed E-state index contributed by atoms with van der Waals surface area (Å²) in [4.78, 5) is 25.9. The Labute approximate surface area is 186 Å². The van der Waals surface area contributed by atoms with E-state index >= 15 is 0 Å². The van der Waals surface area contributed by atoms with E-state index in [2.05, 4.69) is 4.72 Å². The minimum atomic E-state index is -3.79. The molecule has 4 bridgehead atoms. The number of para-hydroxylation sites is 1. The lowest BCUT2D eigenvalue weighted by Crippen LogP contribution is -2.51. The second-order valence-corrected chi connectivity index (χ2v) is 12.1. The molecule has 1 N–H and O–H groups in total. The van der Waals surface area contributed by atoms with Crippen LogP contribution in [0.1, 0.15) is 48.9 Å². The van der Waals surface area contributed by atoms with E-state index in [1.54, 1.807) is 23.6 Å². The lowest BCUT2D eigenvalue weighted by atomic mass is 9.48. The summed E-state index contributed by atoms with van der Waals surface area (Å²) in [5, 5.41) is 1.67. The molecule has 0 amide bonds. The summed E-state index contributed by atoms with van der Waals surface area (Å²) in [6, 6.07) is 9.45. The molecular weight excluding hydrogens is 434 g/mol. The monoisotopic (exact) mass is 459 g/mol. The Balaban J connectivity index is 1.28. The zero-order chi connectivity index (χ0) is 21.6. The summed E-state index contributed by atoms with van der Waals surface area (Å²) >= 11 is 1.09. The van der Waals surface area contributed by atoms with Gasteiger partial charge in [0.05, 0.1) is 11.3 Å². The van der Waals surface area contributed by atoms with Gasteiger partial charge in [0.1, 0.15) is 4.21 Å². The molecule has 2 aromatic rings. The lowest BCUT2D eigenvalue weighted by Gasteiger charge is -2.55. The van der Waals surface area contributed by atoms with Crippen molar-refractivity contribution in [2.24, 2.45) is 23.2 Å². The molecule has 0 unspecified atom stereocenters. The molecule has 31 heavy (non-hydrogen) atoms. The summed E-state index contributed by atoms with van der Waals surface area (Å²) in [6.07, 6.45) is 6.49. The summed E-state index contributed by atoms with van der Waals surface area (Å²) in [6.45, 7) is -0.253. The first kappa shape index (κ1) is 20.7. The third kappa shape index (κ3) is 3.91. The van der Waals surface area contributed by atoms with Gasteiger partial charge in [-0.05, 0) is 79.9 Å². The SMILES string of the molecule is O=C(OCC(=O)C12CC3CC(CC(C3)C1)C2)c1ccccc1NS(=O)(=O)c1cccs1. The van der Waals surface area contributed by atoms with Crippen LogP contribution in [0, 0.1) is 23.2 Å².